The number of anilines is 1. The molecule has 0 spiro atoms. The first-order valence-corrected chi connectivity index (χ1v) is 5.58. The highest BCUT2D eigenvalue weighted by Gasteiger charge is 2.19. The van der Waals surface area contributed by atoms with Crippen LogP contribution in [0.1, 0.15) is 6.92 Å². The Bertz CT molecular complexity index is 417. The van der Waals surface area contributed by atoms with Gasteiger partial charge in [0.05, 0.1) is 6.61 Å². The van der Waals surface area contributed by atoms with Gasteiger partial charge in [-0.3, -0.25) is 9.59 Å². The summed E-state index contributed by atoms with van der Waals surface area (Å²) in [7, 11) is 0. The predicted molar refractivity (Wildman–Crippen MR) is 66.1 cm³/mol. The Morgan fingerprint density at radius 3 is 2.39 bits per heavy atom. The van der Waals surface area contributed by atoms with Gasteiger partial charge in [0.1, 0.15) is 5.75 Å². The van der Waals surface area contributed by atoms with Crippen molar-refractivity contribution in [3.8, 4) is 5.75 Å². The Balaban J connectivity index is 2.64. The number of nitrogens with one attached hydrogen (secondary N) is 1. The van der Waals surface area contributed by atoms with Crippen LogP contribution in [0.15, 0.2) is 24.3 Å². The molecule has 0 atom stereocenters. The van der Waals surface area contributed by atoms with E-state index in [9.17, 15) is 9.59 Å². The maximum Gasteiger partial charge on any atom is 0.313 e. The molecule has 3 N–H and O–H groups in total. The zero-order valence-corrected chi connectivity index (χ0v) is 10.1. The Hall–Kier alpha value is -2.08. The Morgan fingerprint density at radius 2 is 1.89 bits per heavy atom. The lowest BCUT2D eigenvalue weighted by molar-refractivity contribution is -0.143. The molecule has 18 heavy (non-hydrogen) atoms. The summed E-state index contributed by atoms with van der Waals surface area (Å²) in [5.41, 5.74) is 0.422. The van der Waals surface area contributed by atoms with Crippen LogP contribution in [0.2, 0.25) is 0 Å². The van der Waals surface area contributed by atoms with Crippen LogP contribution in [0.3, 0.4) is 0 Å². The van der Waals surface area contributed by atoms with E-state index >= 15 is 0 Å². The Morgan fingerprint density at radius 1 is 1.28 bits per heavy atom. The maximum atomic E-state index is 11.7. The van der Waals surface area contributed by atoms with E-state index in [0.29, 0.717) is 12.2 Å². The van der Waals surface area contributed by atoms with Gasteiger partial charge in [0.15, 0.2) is 0 Å². The largest absolute Gasteiger partial charge is 0.508 e. The first-order chi connectivity index (χ1) is 8.58. The Labute approximate surface area is 105 Å². The first-order valence-electron chi connectivity index (χ1n) is 5.58. The van der Waals surface area contributed by atoms with E-state index in [-0.39, 0.29) is 18.9 Å². The summed E-state index contributed by atoms with van der Waals surface area (Å²) in [4.78, 5) is 24.6. The van der Waals surface area contributed by atoms with Crippen molar-refractivity contribution >= 4 is 17.5 Å². The number of amides is 2. The minimum atomic E-state index is -0.768. The summed E-state index contributed by atoms with van der Waals surface area (Å²) in [6.45, 7) is 2.01. The lowest BCUT2D eigenvalue weighted by Crippen LogP contribution is -2.41. The van der Waals surface area contributed by atoms with E-state index in [2.05, 4.69) is 5.32 Å². The summed E-state index contributed by atoms with van der Waals surface area (Å²) < 4.78 is 0. The molecule has 1 rings (SSSR count). The molecule has 6 nitrogen and oxygen atoms in total. The number of aromatic hydroxyl groups is 1. The van der Waals surface area contributed by atoms with E-state index < -0.39 is 11.8 Å². The van der Waals surface area contributed by atoms with Gasteiger partial charge in [-0.15, -0.1) is 0 Å². The van der Waals surface area contributed by atoms with Gasteiger partial charge in [0.25, 0.3) is 0 Å². The van der Waals surface area contributed by atoms with Crippen molar-refractivity contribution < 1.29 is 19.8 Å². The van der Waals surface area contributed by atoms with Gasteiger partial charge < -0.3 is 20.4 Å². The highest BCUT2D eigenvalue weighted by atomic mass is 16.3. The third-order valence-electron chi connectivity index (χ3n) is 2.36. The number of aliphatic hydroxyl groups excluding tert-OH is 1. The van der Waals surface area contributed by atoms with Crippen molar-refractivity contribution in [3.63, 3.8) is 0 Å². The second-order valence-corrected chi connectivity index (χ2v) is 3.61. The standard InChI is InChI=1S/C12H16N2O4/c1-2-14(7-8-15)12(18)11(17)13-9-3-5-10(16)6-4-9/h3-6,15-16H,2,7-8H2,1H3,(H,13,17). The van der Waals surface area contributed by atoms with Crippen LogP contribution in [0.25, 0.3) is 0 Å². The first kappa shape index (κ1) is 14.0. The number of likely N-dealkylation sites (N-methyl/N-ethyl adjacent to an activating group) is 1. The maximum absolute atomic E-state index is 11.7. The molecule has 0 heterocycles. The molecule has 0 unspecified atom stereocenters. The van der Waals surface area contributed by atoms with Gasteiger partial charge in [-0.1, -0.05) is 0 Å². The number of nitrogens with zero attached hydrogens (tertiary/aromatic N) is 1. The van der Waals surface area contributed by atoms with E-state index in [1.165, 1.54) is 29.2 Å². The molecule has 0 bridgehead atoms. The van der Waals surface area contributed by atoms with Crippen molar-refractivity contribution in [2.24, 2.45) is 0 Å². The number of hydrogen-bond donors (Lipinski definition) is 3. The third-order valence-corrected chi connectivity index (χ3v) is 2.36. The van der Waals surface area contributed by atoms with Crippen molar-refractivity contribution in [2.75, 3.05) is 25.0 Å². The van der Waals surface area contributed by atoms with Gasteiger partial charge >= 0.3 is 11.8 Å². The smallest absolute Gasteiger partial charge is 0.313 e. The van der Waals surface area contributed by atoms with Crippen molar-refractivity contribution in [1.29, 1.82) is 0 Å². The molecule has 1 aromatic rings. The van der Waals surface area contributed by atoms with Gasteiger partial charge in [0, 0.05) is 18.8 Å². The van der Waals surface area contributed by atoms with Gasteiger partial charge in [-0.2, -0.15) is 0 Å². The molecule has 0 saturated heterocycles. The van der Waals surface area contributed by atoms with Crippen molar-refractivity contribution in [1.82, 2.24) is 4.90 Å². The zero-order valence-electron chi connectivity index (χ0n) is 10.1. The van der Waals surface area contributed by atoms with E-state index in [4.69, 9.17) is 10.2 Å². The molecule has 0 aliphatic heterocycles. The quantitative estimate of drug-likeness (QED) is 0.526. The summed E-state index contributed by atoms with van der Waals surface area (Å²) in [5, 5.41) is 20.3. The summed E-state index contributed by atoms with van der Waals surface area (Å²) in [5.74, 6) is -1.38. The fraction of sp³-hybridized carbons (Fsp3) is 0.333. The molecule has 0 fully saturated rings. The number of carbonyl (C=O) groups is 2. The summed E-state index contributed by atoms with van der Waals surface area (Å²) >= 11 is 0. The Kier molecular flexibility index (Phi) is 5.13. The van der Waals surface area contributed by atoms with Crippen LogP contribution >= 0.6 is 0 Å². The van der Waals surface area contributed by atoms with Crippen molar-refractivity contribution in [3.05, 3.63) is 24.3 Å². The molecule has 1 aromatic carbocycles. The molecule has 0 saturated carbocycles. The summed E-state index contributed by atoms with van der Waals surface area (Å²) in [6, 6.07) is 5.79. The molecular weight excluding hydrogens is 236 g/mol. The number of phenolic OH excluding ortho intramolecular Hbond substituents is 1. The molecule has 0 radical (unpaired) electrons. The number of carbonyl (C=O) groups excluding carboxylic acids is 2. The van der Waals surface area contributed by atoms with Crippen LogP contribution in [0, 0.1) is 0 Å². The molecule has 6 heteroatoms. The van der Waals surface area contributed by atoms with Crippen molar-refractivity contribution in [2.45, 2.75) is 6.92 Å². The molecule has 0 aliphatic rings. The zero-order chi connectivity index (χ0) is 13.5. The van der Waals surface area contributed by atoms with Crippen LogP contribution in [0.5, 0.6) is 5.75 Å². The number of benzene rings is 1. The monoisotopic (exact) mass is 252 g/mol. The molecule has 0 aliphatic carbocycles. The second-order valence-electron chi connectivity index (χ2n) is 3.61. The lowest BCUT2D eigenvalue weighted by Gasteiger charge is -2.18. The number of aliphatic hydroxyl groups is 1. The third kappa shape index (κ3) is 3.74. The van der Waals surface area contributed by atoms with E-state index in [1.54, 1.807) is 6.92 Å². The molecule has 2 amide bonds. The fourth-order valence-electron chi connectivity index (χ4n) is 1.40. The van der Waals surface area contributed by atoms with Gasteiger partial charge in [-0.05, 0) is 31.2 Å². The minimum Gasteiger partial charge on any atom is -0.508 e. The molecule has 98 valence electrons. The van der Waals surface area contributed by atoms with Crippen LogP contribution in [0.4, 0.5) is 5.69 Å². The normalized spacial score (nSPS) is 9.89. The van der Waals surface area contributed by atoms with Gasteiger partial charge in [0.2, 0.25) is 0 Å². The minimum absolute atomic E-state index is 0.0785. The number of phenols is 1. The highest BCUT2D eigenvalue weighted by Crippen LogP contribution is 2.13. The highest BCUT2D eigenvalue weighted by molar-refractivity contribution is 6.39. The lowest BCUT2D eigenvalue weighted by atomic mass is 10.3. The second kappa shape index (κ2) is 6.61. The fourth-order valence-corrected chi connectivity index (χ4v) is 1.40. The SMILES string of the molecule is CCN(CCO)C(=O)C(=O)Nc1ccc(O)cc1. The predicted octanol–water partition coefficient (Wildman–Crippen LogP) is 0.171. The average Bonchev–Trinajstić information content (AvgIpc) is 2.37. The molecular formula is C12H16N2O4. The van der Waals surface area contributed by atoms with Gasteiger partial charge in [-0.25, -0.2) is 0 Å². The topological polar surface area (TPSA) is 89.9 Å². The average molecular weight is 252 g/mol. The van der Waals surface area contributed by atoms with Crippen LogP contribution < -0.4 is 5.32 Å². The van der Waals surface area contributed by atoms with Crippen LogP contribution in [-0.4, -0.2) is 46.6 Å². The number of hydrogen-bond acceptors (Lipinski definition) is 4. The summed E-state index contributed by atoms with van der Waals surface area (Å²) in [6.07, 6.45) is 0. The van der Waals surface area contributed by atoms with Crippen LogP contribution in [-0.2, 0) is 9.59 Å². The van der Waals surface area contributed by atoms with E-state index in [1.807, 2.05) is 0 Å². The van der Waals surface area contributed by atoms with E-state index in [0.717, 1.165) is 0 Å². The number of rotatable bonds is 4. The molecule has 0 aromatic heterocycles.